The van der Waals surface area contributed by atoms with Crippen molar-refractivity contribution < 1.29 is 14.3 Å². The summed E-state index contributed by atoms with van der Waals surface area (Å²) in [5.74, 6) is 1.67. The summed E-state index contributed by atoms with van der Waals surface area (Å²) in [7, 11) is 1.70. The highest BCUT2D eigenvalue weighted by atomic mass is 16.5. The number of nitrogens with zero attached hydrogens (tertiary/aromatic N) is 4. The number of aromatic nitrogens is 2. The van der Waals surface area contributed by atoms with Crippen LogP contribution in [-0.4, -0.2) is 53.0 Å². The van der Waals surface area contributed by atoms with Crippen LogP contribution in [-0.2, 0) is 22.5 Å². The van der Waals surface area contributed by atoms with Crippen molar-refractivity contribution in [1.82, 2.24) is 14.9 Å². The number of rotatable bonds is 6. The lowest BCUT2D eigenvalue weighted by Gasteiger charge is -2.32. The second-order valence-corrected chi connectivity index (χ2v) is 9.89. The highest BCUT2D eigenvalue weighted by molar-refractivity contribution is 6.00. The molecule has 1 fully saturated rings. The van der Waals surface area contributed by atoms with E-state index < -0.39 is 0 Å². The van der Waals surface area contributed by atoms with Crippen LogP contribution in [0.5, 0.6) is 0 Å². The van der Waals surface area contributed by atoms with Crippen LogP contribution < -0.4 is 4.90 Å². The molecule has 0 radical (unpaired) electrons. The molecule has 1 atom stereocenters. The maximum Gasteiger partial charge on any atom is 0.253 e. The van der Waals surface area contributed by atoms with E-state index in [-0.39, 0.29) is 17.9 Å². The van der Waals surface area contributed by atoms with Gasteiger partial charge in [-0.3, -0.25) is 14.5 Å². The molecule has 1 unspecified atom stereocenters. The van der Waals surface area contributed by atoms with Gasteiger partial charge in [-0.1, -0.05) is 50.2 Å². The first-order valence-corrected chi connectivity index (χ1v) is 12.6. The number of anilines is 1. The zero-order valence-electron chi connectivity index (χ0n) is 21.1. The highest BCUT2D eigenvalue weighted by Crippen LogP contribution is 2.32. The molecule has 2 aliphatic rings. The van der Waals surface area contributed by atoms with Crippen molar-refractivity contribution in [1.29, 1.82) is 0 Å². The highest BCUT2D eigenvalue weighted by Gasteiger charge is 2.30. The molecule has 0 N–H and O–H groups in total. The zero-order valence-corrected chi connectivity index (χ0v) is 21.1. The Kier molecular flexibility index (Phi) is 6.83. The van der Waals surface area contributed by atoms with Gasteiger partial charge in [-0.25, -0.2) is 9.97 Å². The van der Waals surface area contributed by atoms with Gasteiger partial charge in [0.2, 0.25) is 5.91 Å². The topological polar surface area (TPSA) is 75.6 Å². The molecular weight excluding hydrogens is 452 g/mol. The van der Waals surface area contributed by atoms with Gasteiger partial charge < -0.3 is 9.64 Å². The lowest BCUT2D eigenvalue weighted by Crippen LogP contribution is -2.42. The summed E-state index contributed by atoms with van der Waals surface area (Å²) in [5, 5.41) is 0. The van der Waals surface area contributed by atoms with Crippen molar-refractivity contribution in [3.8, 4) is 11.4 Å². The summed E-state index contributed by atoms with van der Waals surface area (Å²) in [6.45, 7) is 6.08. The lowest BCUT2D eigenvalue weighted by molar-refractivity contribution is -0.117. The van der Waals surface area contributed by atoms with Crippen molar-refractivity contribution in [2.24, 2.45) is 0 Å². The SMILES string of the molecule is COC1CCCN(C(=O)c2ccc(CN3C(=O)Cc4cnc(-c5ccccc5C(C)C)nc43)cc2)C1. The minimum Gasteiger partial charge on any atom is -0.380 e. The predicted molar refractivity (Wildman–Crippen MR) is 139 cm³/mol. The third-order valence-electron chi connectivity index (χ3n) is 7.10. The average molecular weight is 485 g/mol. The zero-order chi connectivity index (χ0) is 25.2. The van der Waals surface area contributed by atoms with Crippen LogP contribution >= 0.6 is 0 Å². The van der Waals surface area contributed by atoms with Crippen LogP contribution in [0.15, 0.2) is 54.7 Å². The third kappa shape index (κ3) is 4.75. The van der Waals surface area contributed by atoms with Gasteiger partial charge in [0.15, 0.2) is 5.82 Å². The normalized spacial score (nSPS) is 17.6. The number of likely N-dealkylation sites (tertiary alicyclic amines) is 1. The first-order chi connectivity index (χ1) is 17.4. The quantitative estimate of drug-likeness (QED) is 0.511. The number of fused-ring (bicyclic) bond motifs is 1. The van der Waals surface area contributed by atoms with Crippen LogP contribution in [0.1, 0.15) is 59.7 Å². The molecule has 2 aliphatic heterocycles. The van der Waals surface area contributed by atoms with Gasteiger partial charge in [-0.05, 0) is 42.0 Å². The Morgan fingerprint density at radius 1 is 1.14 bits per heavy atom. The molecule has 7 heteroatoms. The number of ether oxygens (including phenoxy) is 1. The van der Waals surface area contributed by atoms with E-state index in [4.69, 9.17) is 9.72 Å². The van der Waals surface area contributed by atoms with E-state index in [0.717, 1.165) is 36.1 Å². The van der Waals surface area contributed by atoms with Crippen LogP contribution in [0.4, 0.5) is 5.82 Å². The molecule has 3 aromatic rings. The Labute approximate surface area is 212 Å². The molecule has 2 amide bonds. The van der Waals surface area contributed by atoms with E-state index in [2.05, 4.69) is 24.9 Å². The van der Waals surface area contributed by atoms with Gasteiger partial charge in [-0.15, -0.1) is 0 Å². The van der Waals surface area contributed by atoms with E-state index in [9.17, 15) is 9.59 Å². The standard InChI is InChI=1S/C29H32N4O3/c1-19(2)24-8-4-5-9-25(24)27-30-16-22-15-26(34)33(28(22)31-27)17-20-10-12-21(13-11-20)29(35)32-14-6-7-23(18-32)36-3/h4-5,8-13,16,19,23H,6-7,14-15,17-18H2,1-3H3. The largest absolute Gasteiger partial charge is 0.380 e. The average Bonchev–Trinajstić information content (AvgIpc) is 3.22. The monoisotopic (exact) mass is 484 g/mol. The van der Waals surface area contributed by atoms with E-state index in [1.807, 2.05) is 47.4 Å². The molecule has 1 saturated heterocycles. The molecule has 186 valence electrons. The summed E-state index contributed by atoms with van der Waals surface area (Å²) < 4.78 is 5.45. The van der Waals surface area contributed by atoms with Gasteiger partial charge in [-0.2, -0.15) is 0 Å². The van der Waals surface area contributed by atoms with Gasteiger partial charge in [0, 0.05) is 43.1 Å². The van der Waals surface area contributed by atoms with E-state index in [0.29, 0.717) is 42.6 Å². The Balaban J connectivity index is 1.35. The molecule has 0 bridgehead atoms. The number of benzene rings is 2. The Morgan fingerprint density at radius 3 is 2.67 bits per heavy atom. The Hall–Kier alpha value is -3.58. The lowest BCUT2D eigenvalue weighted by atomic mass is 9.97. The molecule has 5 rings (SSSR count). The maximum atomic E-state index is 13.0. The second kappa shape index (κ2) is 10.2. The van der Waals surface area contributed by atoms with Gasteiger partial charge in [0.25, 0.3) is 5.91 Å². The number of carbonyl (C=O) groups excluding carboxylic acids is 2. The van der Waals surface area contributed by atoms with Crippen LogP contribution in [0.2, 0.25) is 0 Å². The number of methoxy groups -OCH3 is 1. The van der Waals surface area contributed by atoms with Gasteiger partial charge >= 0.3 is 0 Å². The molecule has 0 aliphatic carbocycles. The number of hydrogen-bond acceptors (Lipinski definition) is 5. The Morgan fingerprint density at radius 2 is 1.92 bits per heavy atom. The Bertz CT molecular complexity index is 1270. The van der Waals surface area contributed by atoms with Crippen molar-refractivity contribution in [3.05, 3.63) is 77.0 Å². The fraction of sp³-hybridized carbons (Fsp3) is 0.379. The smallest absolute Gasteiger partial charge is 0.253 e. The molecule has 0 saturated carbocycles. The first kappa shape index (κ1) is 24.1. The summed E-state index contributed by atoms with van der Waals surface area (Å²) in [6, 6.07) is 15.7. The predicted octanol–water partition coefficient (Wildman–Crippen LogP) is 4.61. The fourth-order valence-electron chi connectivity index (χ4n) is 5.06. The molecule has 36 heavy (non-hydrogen) atoms. The number of hydrogen-bond donors (Lipinski definition) is 0. The van der Waals surface area contributed by atoms with Gasteiger partial charge in [0.1, 0.15) is 5.82 Å². The van der Waals surface area contributed by atoms with Crippen LogP contribution in [0.3, 0.4) is 0 Å². The minimum atomic E-state index is 0.00710. The fourth-order valence-corrected chi connectivity index (χ4v) is 5.06. The van der Waals surface area contributed by atoms with E-state index in [1.165, 1.54) is 5.56 Å². The van der Waals surface area contributed by atoms with E-state index >= 15 is 0 Å². The summed E-state index contributed by atoms with van der Waals surface area (Å²) in [5.41, 5.74) is 4.61. The summed E-state index contributed by atoms with van der Waals surface area (Å²) in [6.07, 6.45) is 4.11. The maximum absolute atomic E-state index is 13.0. The van der Waals surface area contributed by atoms with Crippen molar-refractivity contribution >= 4 is 17.6 Å². The van der Waals surface area contributed by atoms with Crippen molar-refractivity contribution in [2.75, 3.05) is 25.1 Å². The van der Waals surface area contributed by atoms with E-state index in [1.54, 1.807) is 18.2 Å². The number of amides is 2. The summed E-state index contributed by atoms with van der Waals surface area (Å²) >= 11 is 0. The molecular formula is C29H32N4O3. The molecule has 0 spiro atoms. The molecule has 7 nitrogen and oxygen atoms in total. The first-order valence-electron chi connectivity index (χ1n) is 12.6. The molecule has 2 aromatic carbocycles. The van der Waals surface area contributed by atoms with Crippen LogP contribution in [0, 0.1) is 0 Å². The van der Waals surface area contributed by atoms with Crippen LogP contribution in [0.25, 0.3) is 11.4 Å². The molecule has 3 heterocycles. The minimum absolute atomic E-state index is 0.00710. The third-order valence-corrected chi connectivity index (χ3v) is 7.10. The second-order valence-electron chi connectivity index (χ2n) is 9.89. The number of carbonyl (C=O) groups is 2. The number of piperidine rings is 1. The van der Waals surface area contributed by atoms with Crippen molar-refractivity contribution in [3.63, 3.8) is 0 Å². The molecule has 1 aromatic heterocycles. The van der Waals surface area contributed by atoms with Crippen molar-refractivity contribution in [2.45, 2.75) is 51.7 Å². The summed E-state index contributed by atoms with van der Waals surface area (Å²) in [4.78, 5) is 38.9. The van der Waals surface area contributed by atoms with Gasteiger partial charge in [0.05, 0.1) is 19.1 Å².